The Morgan fingerprint density at radius 3 is 1.67 bits per heavy atom. The van der Waals surface area contributed by atoms with Gasteiger partial charge in [0.05, 0.1) is 25.7 Å². The van der Waals surface area contributed by atoms with E-state index in [1.165, 1.54) is 62.3 Å². The van der Waals surface area contributed by atoms with E-state index in [1.54, 1.807) is 72.0 Å². The zero-order chi connectivity index (χ0) is 91.3. The van der Waals surface area contributed by atoms with Crippen molar-refractivity contribution in [2.24, 2.45) is 23.7 Å². The average Bonchev–Trinajstić information content (AvgIpc) is 1.57. The number of thioether (sulfide) groups is 3. The highest BCUT2D eigenvalue weighted by Gasteiger charge is 2.43. The first-order valence-corrected chi connectivity index (χ1v) is 43.7. The molecule has 3 aliphatic heterocycles. The standard InChI is InChI=1S/C78H119N19O22S3/c1-16-36(7)60-76(117)88-49(22-23-58(102)103)70(111)92-54-32-121-43(14)61(97-74(115)53-31-120-30-37(8)63(104)90-52(29-98)67(108)80-28-57(101)87-51(72(113)94-59(35(5)6)75(116)93-53)25-45-26-79-48-21-19-18-20-46(45)48)77(118)89-50(24-34(3)4)71(112)96-62(78(119)95-60)44(15)122-33-55(73(114)85-39(10)64(105)82-38(9)42(13)99)91-66(107)41(12)83-65(106)40(11)84-69(110)47(17-2)86-56(100)27-81-68(54)109/h18-21,26,34-41,43-44,47,49-55,59-62,79,98H,16-17,22-25,27-33H2,1-15H3,(H,80,108)(H,81,109)(H,82,105)(H,83,106)(H,84,110)(H,85,114)(H,86,100)(H,87,101)(H,88,117)(H,89,118)(H,90,104)(H,91,107)(H,92,111)(H,93,116)(H,94,113)(H,95,119)(H,96,112)(H,97,115)(H,102,103)/t36?,37-,38-,39-,40-,41-,43-,44-,47-,49-,50-,51-,52-,53?,54-,55-,59-,60-,61+,62+/m0/s1. The van der Waals surface area contributed by atoms with E-state index in [1.807, 2.05) is 0 Å². The second-order valence-electron chi connectivity index (χ2n) is 31.4. The number of aliphatic carboxylic acids is 1. The number of benzene rings is 1. The number of para-hydroxylation sites is 1. The van der Waals surface area contributed by atoms with Gasteiger partial charge in [-0.1, -0.05) is 93.9 Å². The van der Waals surface area contributed by atoms with Crippen molar-refractivity contribution in [2.45, 2.75) is 250 Å². The number of H-pyrrole nitrogens is 1. The molecule has 676 valence electrons. The Kier molecular flexibility index (Phi) is 40.8. The van der Waals surface area contributed by atoms with Gasteiger partial charge in [-0.2, -0.15) is 35.3 Å². The van der Waals surface area contributed by atoms with E-state index < -0.39 is 299 Å². The third-order valence-corrected chi connectivity index (χ3v) is 24.5. The summed E-state index contributed by atoms with van der Waals surface area (Å²) in [5, 5.41) is 64.1. The number of carbonyl (C=O) groups is 20. The second-order valence-corrected chi connectivity index (χ2v) is 35.3. The lowest BCUT2D eigenvalue weighted by Crippen LogP contribution is -2.63. The average molecular weight is 1770 g/mol. The van der Waals surface area contributed by atoms with Crippen molar-refractivity contribution in [2.75, 3.05) is 42.7 Å². The van der Waals surface area contributed by atoms with Crippen LogP contribution >= 0.6 is 35.3 Å². The Balaban J connectivity index is 1.76. The lowest BCUT2D eigenvalue weighted by Gasteiger charge is -2.32. The summed E-state index contributed by atoms with van der Waals surface area (Å²) in [6.45, 7) is 19.2. The predicted octanol–water partition coefficient (Wildman–Crippen LogP) is -4.96. The Morgan fingerprint density at radius 2 is 1.06 bits per heavy atom. The Hall–Kier alpha value is -10.6. The Bertz CT molecular complexity index is 4150. The molecule has 4 heterocycles. The van der Waals surface area contributed by atoms with E-state index in [9.17, 15) is 82.1 Å². The number of hydrogen-bond donors (Lipinski definition) is 21. The van der Waals surface area contributed by atoms with E-state index in [-0.39, 0.29) is 31.4 Å². The number of aromatic nitrogens is 1. The van der Waals surface area contributed by atoms with Crippen LogP contribution in [0.2, 0.25) is 0 Å². The van der Waals surface area contributed by atoms with Gasteiger partial charge in [0, 0.05) is 69.4 Å². The number of rotatable bonds is 19. The van der Waals surface area contributed by atoms with Crippen molar-refractivity contribution in [1.29, 1.82) is 0 Å². The van der Waals surface area contributed by atoms with Crippen LogP contribution in [0.1, 0.15) is 142 Å². The molecule has 1 aromatic carbocycles. The molecule has 3 saturated heterocycles. The molecule has 44 heteroatoms. The van der Waals surface area contributed by atoms with Crippen molar-refractivity contribution in [3.05, 3.63) is 36.0 Å². The molecule has 122 heavy (non-hydrogen) atoms. The van der Waals surface area contributed by atoms with Gasteiger partial charge in [0.25, 0.3) is 0 Å². The molecule has 2 aromatic rings. The largest absolute Gasteiger partial charge is 0.481 e. The van der Waals surface area contributed by atoms with E-state index in [2.05, 4.69) is 101 Å². The van der Waals surface area contributed by atoms with Crippen molar-refractivity contribution in [3.63, 3.8) is 0 Å². The molecular weight excluding hydrogens is 1650 g/mol. The lowest BCUT2D eigenvalue weighted by molar-refractivity contribution is -0.139. The van der Waals surface area contributed by atoms with Crippen molar-refractivity contribution in [1.82, 2.24) is 101 Å². The number of carbonyl (C=O) groups excluding carboxylic acids is 19. The number of carboxylic acids is 1. The van der Waals surface area contributed by atoms with Gasteiger partial charge in [0.1, 0.15) is 90.6 Å². The van der Waals surface area contributed by atoms with Gasteiger partial charge >= 0.3 is 5.97 Å². The highest BCUT2D eigenvalue weighted by Crippen LogP contribution is 2.24. The van der Waals surface area contributed by atoms with Gasteiger partial charge in [-0.3, -0.25) is 95.9 Å². The molecule has 0 saturated carbocycles. The van der Waals surface area contributed by atoms with Crippen LogP contribution < -0.4 is 95.7 Å². The molecule has 18 amide bonds. The zero-order valence-corrected chi connectivity index (χ0v) is 73.5. The van der Waals surface area contributed by atoms with Crippen LogP contribution in [0.4, 0.5) is 0 Å². The molecule has 3 fully saturated rings. The normalized spacial score (nSPS) is 28.2. The smallest absolute Gasteiger partial charge is 0.303 e. The second kappa shape index (κ2) is 48.9. The van der Waals surface area contributed by atoms with Gasteiger partial charge < -0.3 is 111 Å². The number of fused-ring (bicyclic) bond motifs is 10. The van der Waals surface area contributed by atoms with Crippen molar-refractivity contribution < 1.29 is 106 Å². The number of amides is 18. The van der Waals surface area contributed by atoms with E-state index in [0.717, 1.165) is 23.5 Å². The maximum atomic E-state index is 15.8. The first-order valence-electron chi connectivity index (χ1n) is 40.5. The fraction of sp³-hybridized carbons (Fsp3) is 0.641. The quantitative estimate of drug-likeness (QED) is 0.0586. The highest BCUT2D eigenvalue weighted by molar-refractivity contribution is 8.00. The van der Waals surface area contributed by atoms with Crippen LogP contribution in [-0.2, 0) is 102 Å². The van der Waals surface area contributed by atoms with Crippen molar-refractivity contribution in [3.8, 4) is 0 Å². The van der Waals surface area contributed by atoms with Crippen LogP contribution in [0.3, 0.4) is 0 Å². The number of aromatic amines is 1. The third kappa shape index (κ3) is 31.4. The predicted molar refractivity (Wildman–Crippen MR) is 451 cm³/mol. The molecule has 2 bridgehead atoms. The lowest BCUT2D eigenvalue weighted by atomic mass is 9.96. The molecular formula is C78H119N19O22S3. The zero-order valence-electron chi connectivity index (χ0n) is 71.1. The number of ketones is 1. The van der Waals surface area contributed by atoms with Crippen LogP contribution in [0.5, 0.6) is 0 Å². The van der Waals surface area contributed by atoms with Gasteiger partial charge in [-0.15, -0.1) is 0 Å². The molecule has 1 aromatic heterocycles. The maximum absolute atomic E-state index is 15.8. The van der Waals surface area contributed by atoms with Gasteiger partial charge in [-0.05, 0) is 83.3 Å². The van der Waals surface area contributed by atoms with Gasteiger partial charge in [-0.25, -0.2) is 0 Å². The SMILES string of the molecule is CCC(C)[C@@H]1NC(=O)[C@@H]2NC(=O)[C@H](CC(C)C)NC(=O)[C@H](NC(=O)C3CSC[C@H](C)C(=O)N[C@@H](CO)C(=O)NCC(=O)N[C@@H](Cc4c[nH]c5ccccc45)C(=O)N[C@@H](C(C)C)C(=O)N3)[C@H](C)SC[C@H](NC(=O)[C@H](CCC(=O)O)NC1=O)C(=O)NCC(=O)N[C@@H](CC)C(=O)N[C@@H](C)C(=O)N[C@@H](C)C(=O)N[C@H](C(=O)N[C@@H](C)C(=O)N[C@@H](C)C(C)=O)CS[C@H]2C. The molecule has 0 radical (unpaired) electrons. The highest BCUT2D eigenvalue weighted by atomic mass is 32.2. The number of carboxylic acid groups (broad SMARTS) is 1. The van der Waals surface area contributed by atoms with Crippen LogP contribution in [-0.4, -0.2) is 283 Å². The summed E-state index contributed by atoms with van der Waals surface area (Å²) in [7, 11) is 0. The minimum absolute atomic E-state index is 0.118. The van der Waals surface area contributed by atoms with Crippen LogP contribution in [0, 0.1) is 23.7 Å². The minimum Gasteiger partial charge on any atom is -0.481 e. The molecule has 2 unspecified atom stereocenters. The van der Waals surface area contributed by atoms with Gasteiger partial charge in [0.15, 0.2) is 5.78 Å². The summed E-state index contributed by atoms with van der Waals surface area (Å²) < 4.78 is 0. The summed E-state index contributed by atoms with van der Waals surface area (Å²) in [5.41, 5.74) is 1.22. The molecule has 41 nitrogen and oxygen atoms in total. The Labute approximate surface area is 719 Å². The number of aliphatic hydroxyl groups is 1. The van der Waals surface area contributed by atoms with Crippen LogP contribution in [0.25, 0.3) is 10.9 Å². The van der Waals surface area contributed by atoms with E-state index in [0.29, 0.717) is 28.2 Å². The third-order valence-electron chi connectivity index (χ3n) is 20.5. The van der Waals surface area contributed by atoms with Crippen LogP contribution in [0.15, 0.2) is 30.5 Å². The number of hydrogen-bond acceptors (Lipinski definition) is 24. The molecule has 0 spiro atoms. The number of aliphatic hydroxyl groups excluding tert-OH is 1. The first kappa shape index (κ1) is 102. The van der Waals surface area contributed by atoms with Crippen molar-refractivity contribution >= 4 is 164 Å². The maximum Gasteiger partial charge on any atom is 0.303 e. The Morgan fingerprint density at radius 1 is 0.508 bits per heavy atom. The summed E-state index contributed by atoms with van der Waals surface area (Å²) in [5.74, 6) is -25.0. The fourth-order valence-electron chi connectivity index (χ4n) is 12.6. The topological polar surface area (TPSA) is 614 Å². The number of nitrogens with one attached hydrogen (secondary N) is 19. The van der Waals surface area contributed by atoms with E-state index in [4.69, 9.17) is 0 Å². The number of Topliss-reactive ketones (excluding diaryl/α,β-unsaturated/α-hetero) is 1. The summed E-state index contributed by atoms with van der Waals surface area (Å²) in [6, 6.07) is -18.5. The molecule has 0 aliphatic carbocycles. The molecule has 20 atom stereocenters. The summed E-state index contributed by atoms with van der Waals surface area (Å²) in [6.07, 6.45) is -0.268. The molecule has 5 rings (SSSR count). The summed E-state index contributed by atoms with van der Waals surface area (Å²) in [4.78, 5) is 289. The summed E-state index contributed by atoms with van der Waals surface area (Å²) >= 11 is 2.38. The molecule has 3 aliphatic rings. The monoisotopic (exact) mass is 1770 g/mol. The van der Waals surface area contributed by atoms with E-state index >= 15 is 24.0 Å². The van der Waals surface area contributed by atoms with Gasteiger partial charge in [0.2, 0.25) is 106 Å². The minimum atomic E-state index is -1.91. The first-order chi connectivity index (χ1) is 57.4. The molecule has 21 N–H and O–H groups in total. The fourth-order valence-corrected chi connectivity index (χ4v) is 15.9.